The monoisotopic (exact) mass is 371 g/mol. The molecule has 1 amide bonds. The lowest BCUT2D eigenvalue weighted by atomic mass is 10.1. The highest BCUT2D eigenvalue weighted by molar-refractivity contribution is 6.31. The maximum atomic E-state index is 12.2. The zero-order valence-electron chi connectivity index (χ0n) is 14.6. The average molecular weight is 372 g/mol. The minimum Gasteiger partial charge on any atom is -0.496 e. The summed E-state index contributed by atoms with van der Waals surface area (Å²) >= 11 is 6.00. The Hall–Kier alpha value is -3.04. The molecule has 0 saturated carbocycles. The highest BCUT2D eigenvalue weighted by Gasteiger charge is 2.15. The zero-order chi connectivity index (χ0) is 19.1. The van der Waals surface area contributed by atoms with Crippen LogP contribution in [0, 0.1) is 11.3 Å². The lowest BCUT2D eigenvalue weighted by molar-refractivity contribution is -0.127. The number of benzene rings is 2. The summed E-state index contributed by atoms with van der Waals surface area (Å²) in [5.74, 6) is 0.686. The molecule has 1 N–H and O–H groups in total. The highest BCUT2D eigenvalue weighted by Crippen LogP contribution is 2.23. The summed E-state index contributed by atoms with van der Waals surface area (Å²) in [6.45, 7) is 3.35. The minimum atomic E-state index is -0.763. The van der Waals surface area contributed by atoms with Crippen LogP contribution < -0.4 is 14.9 Å². The second-order valence-corrected chi connectivity index (χ2v) is 5.85. The molecule has 0 saturated heterocycles. The van der Waals surface area contributed by atoms with Crippen molar-refractivity contribution in [2.75, 3.05) is 7.11 Å². The predicted molar refractivity (Wildman–Crippen MR) is 99.6 cm³/mol. The number of carbonyl (C=O) groups is 1. The van der Waals surface area contributed by atoms with Crippen LogP contribution in [0.4, 0.5) is 0 Å². The van der Waals surface area contributed by atoms with Crippen molar-refractivity contribution >= 4 is 23.2 Å². The molecule has 6 nitrogen and oxygen atoms in total. The van der Waals surface area contributed by atoms with E-state index in [2.05, 4.69) is 10.5 Å². The van der Waals surface area contributed by atoms with Crippen LogP contribution in [0.1, 0.15) is 25.0 Å². The fraction of sp³-hybridized carbons (Fsp3) is 0.211. The van der Waals surface area contributed by atoms with Gasteiger partial charge in [-0.2, -0.15) is 10.4 Å². The SMILES string of the molecule is COc1ccc(Cl)cc1/C(C)=N\NC(=O)[C@H](C)Oc1ccc(C#N)cc1. The number of hydrazone groups is 1. The molecular weight excluding hydrogens is 354 g/mol. The summed E-state index contributed by atoms with van der Waals surface area (Å²) in [5, 5.41) is 13.4. The predicted octanol–water partition coefficient (Wildman–Crippen LogP) is 3.53. The molecule has 0 aliphatic rings. The molecule has 0 radical (unpaired) electrons. The third kappa shape index (κ3) is 4.98. The Balaban J connectivity index is 2.03. The Labute approximate surface area is 157 Å². The third-order valence-corrected chi connectivity index (χ3v) is 3.79. The molecular formula is C19H18ClN3O3. The smallest absolute Gasteiger partial charge is 0.280 e. The number of hydrogen-bond acceptors (Lipinski definition) is 5. The molecule has 7 heteroatoms. The van der Waals surface area contributed by atoms with Gasteiger partial charge in [-0.15, -0.1) is 0 Å². The first-order valence-electron chi connectivity index (χ1n) is 7.79. The van der Waals surface area contributed by atoms with Gasteiger partial charge in [0.1, 0.15) is 11.5 Å². The molecule has 0 heterocycles. The van der Waals surface area contributed by atoms with Gasteiger partial charge in [-0.05, 0) is 56.3 Å². The number of nitrogens with zero attached hydrogens (tertiary/aromatic N) is 2. The van der Waals surface area contributed by atoms with Gasteiger partial charge in [0.15, 0.2) is 6.10 Å². The summed E-state index contributed by atoms with van der Waals surface area (Å²) < 4.78 is 10.8. The van der Waals surface area contributed by atoms with Gasteiger partial charge >= 0.3 is 0 Å². The molecule has 0 aliphatic heterocycles. The number of amides is 1. The number of ether oxygens (including phenoxy) is 2. The first-order chi connectivity index (χ1) is 12.4. The molecule has 0 spiro atoms. The van der Waals surface area contributed by atoms with Gasteiger partial charge in [-0.3, -0.25) is 4.79 Å². The molecule has 0 aliphatic carbocycles. The van der Waals surface area contributed by atoms with Crippen LogP contribution in [-0.2, 0) is 4.79 Å². The summed E-state index contributed by atoms with van der Waals surface area (Å²) in [7, 11) is 1.55. The van der Waals surface area contributed by atoms with Gasteiger partial charge in [-0.25, -0.2) is 5.43 Å². The molecule has 2 aromatic carbocycles. The number of methoxy groups -OCH3 is 1. The maximum Gasteiger partial charge on any atom is 0.280 e. The Kier molecular flexibility index (Phi) is 6.59. The second kappa shape index (κ2) is 8.88. The van der Waals surface area contributed by atoms with Crippen molar-refractivity contribution in [1.82, 2.24) is 5.43 Å². The van der Waals surface area contributed by atoms with E-state index in [4.69, 9.17) is 26.3 Å². The first-order valence-corrected chi connectivity index (χ1v) is 8.17. The largest absolute Gasteiger partial charge is 0.496 e. The Morgan fingerprint density at radius 3 is 2.58 bits per heavy atom. The molecule has 2 aromatic rings. The van der Waals surface area contributed by atoms with Gasteiger partial charge in [0.2, 0.25) is 0 Å². The van der Waals surface area contributed by atoms with Gasteiger partial charge in [0.05, 0.1) is 24.5 Å². The lowest BCUT2D eigenvalue weighted by Crippen LogP contribution is -2.34. The van der Waals surface area contributed by atoms with Crippen molar-refractivity contribution in [1.29, 1.82) is 5.26 Å². The van der Waals surface area contributed by atoms with Gasteiger partial charge in [0.25, 0.3) is 5.91 Å². The van der Waals surface area contributed by atoms with E-state index in [1.165, 1.54) is 0 Å². The van der Waals surface area contributed by atoms with Crippen molar-refractivity contribution in [3.8, 4) is 17.6 Å². The molecule has 0 unspecified atom stereocenters. The number of halogens is 1. The zero-order valence-corrected chi connectivity index (χ0v) is 15.4. The normalized spacial score (nSPS) is 12.0. The maximum absolute atomic E-state index is 12.2. The molecule has 26 heavy (non-hydrogen) atoms. The van der Waals surface area contributed by atoms with E-state index < -0.39 is 12.0 Å². The standard InChI is InChI=1S/C19H18ClN3O3/c1-12(17-10-15(20)6-9-18(17)25-3)22-23-19(24)13(2)26-16-7-4-14(11-21)5-8-16/h4-10,13H,1-3H3,(H,23,24)/b22-12-/t13-/m0/s1. The average Bonchev–Trinajstić information content (AvgIpc) is 2.66. The van der Waals surface area contributed by atoms with E-state index in [9.17, 15) is 4.79 Å². The minimum absolute atomic E-state index is 0.408. The van der Waals surface area contributed by atoms with E-state index in [-0.39, 0.29) is 0 Å². The van der Waals surface area contributed by atoms with E-state index in [0.29, 0.717) is 33.4 Å². The number of hydrogen-bond donors (Lipinski definition) is 1. The molecule has 1 atom stereocenters. The van der Waals surface area contributed by atoms with Gasteiger partial charge in [-0.1, -0.05) is 11.6 Å². The van der Waals surface area contributed by atoms with E-state index in [0.717, 1.165) is 0 Å². The summed E-state index contributed by atoms with van der Waals surface area (Å²) in [6, 6.07) is 13.7. The van der Waals surface area contributed by atoms with Gasteiger partial charge in [0, 0.05) is 10.6 Å². The summed E-state index contributed by atoms with van der Waals surface area (Å²) in [5.41, 5.74) is 4.21. The number of carbonyl (C=O) groups excluding carboxylic acids is 1. The van der Waals surface area contributed by atoms with Crippen molar-refractivity contribution < 1.29 is 14.3 Å². The Morgan fingerprint density at radius 1 is 1.27 bits per heavy atom. The summed E-state index contributed by atoms with van der Waals surface area (Å²) in [6.07, 6.45) is -0.763. The van der Waals surface area contributed by atoms with Crippen molar-refractivity contribution in [3.63, 3.8) is 0 Å². The molecule has 0 fully saturated rings. The Bertz CT molecular complexity index is 857. The van der Waals surface area contributed by atoms with Crippen LogP contribution in [0.25, 0.3) is 0 Å². The molecule has 0 bridgehead atoms. The second-order valence-electron chi connectivity index (χ2n) is 5.41. The molecule has 2 rings (SSSR count). The molecule has 134 valence electrons. The van der Waals surface area contributed by atoms with Crippen LogP contribution in [0.5, 0.6) is 11.5 Å². The number of nitriles is 1. The van der Waals surface area contributed by atoms with Crippen LogP contribution in [0.3, 0.4) is 0 Å². The van der Waals surface area contributed by atoms with E-state index in [1.54, 1.807) is 63.4 Å². The quantitative estimate of drug-likeness (QED) is 0.622. The number of nitrogens with one attached hydrogen (secondary N) is 1. The van der Waals surface area contributed by atoms with Crippen LogP contribution in [0.15, 0.2) is 47.6 Å². The number of rotatable bonds is 6. The topological polar surface area (TPSA) is 83.7 Å². The van der Waals surface area contributed by atoms with E-state index in [1.807, 2.05) is 6.07 Å². The summed E-state index contributed by atoms with van der Waals surface area (Å²) in [4.78, 5) is 12.2. The van der Waals surface area contributed by atoms with Crippen LogP contribution in [-0.4, -0.2) is 24.8 Å². The lowest BCUT2D eigenvalue weighted by Gasteiger charge is -2.13. The third-order valence-electron chi connectivity index (χ3n) is 3.55. The fourth-order valence-electron chi connectivity index (χ4n) is 2.12. The van der Waals surface area contributed by atoms with Crippen molar-refractivity contribution in [2.45, 2.75) is 20.0 Å². The fourth-order valence-corrected chi connectivity index (χ4v) is 2.29. The molecule has 0 aromatic heterocycles. The van der Waals surface area contributed by atoms with Crippen molar-refractivity contribution in [2.24, 2.45) is 5.10 Å². The Morgan fingerprint density at radius 2 is 1.96 bits per heavy atom. The highest BCUT2D eigenvalue weighted by atomic mass is 35.5. The van der Waals surface area contributed by atoms with Crippen LogP contribution in [0.2, 0.25) is 5.02 Å². The van der Waals surface area contributed by atoms with Gasteiger partial charge < -0.3 is 9.47 Å². The first kappa shape index (κ1) is 19.3. The van der Waals surface area contributed by atoms with E-state index >= 15 is 0 Å². The van der Waals surface area contributed by atoms with Crippen LogP contribution >= 0.6 is 11.6 Å². The van der Waals surface area contributed by atoms with Crippen molar-refractivity contribution in [3.05, 3.63) is 58.6 Å².